The normalized spacial score (nSPS) is 14.7. The van der Waals surface area contributed by atoms with Crippen LogP contribution in [0.5, 0.6) is 5.88 Å². The van der Waals surface area contributed by atoms with Gasteiger partial charge in [-0.05, 0) is 31.1 Å². The maximum absolute atomic E-state index is 10.2. The first-order chi connectivity index (χ1) is 10.3. The third-order valence-corrected chi connectivity index (χ3v) is 4.14. The summed E-state index contributed by atoms with van der Waals surface area (Å²) in [6.07, 6.45) is 7.76. The molecule has 1 saturated carbocycles. The van der Waals surface area contributed by atoms with Crippen LogP contribution in [0.3, 0.4) is 0 Å². The number of aromatic hydroxyl groups is 1. The van der Waals surface area contributed by atoms with Gasteiger partial charge in [-0.25, -0.2) is 15.0 Å². The van der Waals surface area contributed by atoms with Gasteiger partial charge in [0.1, 0.15) is 0 Å². The van der Waals surface area contributed by atoms with E-state index in [9.17, 15) is 5.11 Å². The van der Waals surface area contributed by atoms with Gasteiger partial charge in [-0.1, -0.05) is 11.8 Å². The molecule has 0 aromatic carbocycles. The van der Waals surface area contributed by atoms with Gasteiger partial charge in [0, 0.05) is 17.8 Å². The van der Waals surface area contributed by atoms with Gasteiger partial charge < -0.3 is 5.11 Å². The molecule has 4 rings (SSSR count). The van der Waals surface area contributed by atoms with Crippen molar-refractivity contribution in [3.63, 3.8) is 0 Å². The molecule has 6 nitrogen and oxygen atoms in total. The van der Waals surface area contributed by atoms with Crippen molar-refractivity contribution in [2.24, 2.45) is 0 Å². The highest BCUT2D eigenvalue weighted by molar-refractivity contribution is 7.98. The average molecular weight is 299 g/mol. The molecule has 3 aromatic rings. The Morgan fingerprint density at radius 2 is 2.14 bits per heavy atom. The minimum absolute atomic E-state index is 0.0752. The Morgan fingerprint density at radius 3 is 2.90 bits per heavy atom. The van der Waals surface area contributed by atoms with Crippen molar-refractivity contribution in [3.05, 3.63) is 30.1 Å². The number of fused-ring (bicyclic) bond motifs is 1. The topological polar surface area (TPSA) is 76.2 Å². The molecule has 3 heterocycles. The second kappa shape index (κ2) is 4.70. The van der Waals surface area contributed by atoms with Crippen molar-refractivity contribution in [1.82, 2.24) is 24.6 Å². The first-order valence-corrected chi connectivity index (χ1v) is 7.94. The molecule has 0 unspecified atom stereocenters. The summed E-state index contributed by atoms with van der Waals surface area (Å²) in [7, 11) is 0. The van der Waals surface area contributed by atoms with E-state index in [1.165, 1.54) is 16.3 Å². The lowest BCUT2D eigenvalue weighted by atomic mass is 10.2. The molecule has 3 aromatic heterocycles. The Labute approximate surface area is 125 Å². The van der Waals surface area contributed by atoms with Crippen LogP contribution in [-0.4, -0.2) is 35.9 Å². The maximum atomic E-state index is 10.2. The summed E-state index contributed by atoms with van der Waals surface area (Å²) in [5, 5.41) is 15.1. The third-order valence-electron chi connectivity index (χ3n) is 3.58. The van der Waals surface area contributed by atoms with Crippen LogP contribution < -0.4 is 0 Å². The molecule has 1 fully saturated rings. The zero-order valence-corrected chi connectivity index (χ0v) is 12.2. The highest BCUT2D eigenvalue weighted by Crippen LogP contribution is 2.42. The van der Waals surface area contributed by atoms with Gasteiger partial charge in [-0.2, -0.15) is 9.61 Å². The molecular weight excluding hydrogens is 286 g/mol. The second-order valence-corrected chi connectivity index (χ2v) is 5.81. The van der Waals surface area contributed by atoms with Crippen molar-refractivity contribution >= 4 is 17.4 Å². The van der Waals surface area contributed by atoms with Crippen LogP contribution in [0.2, 0.25) is 0 Å². The number of thioether (sulfide) groups is 1. The van der Waals surface area contributed by atoms with Crippen molar-refractivity contribution in [2.75, 3.05) is 6.26 Å². The molecule has 1 aliphatic carbocycles. The monoisotopic (exact) mass is 299 g/mol. The first-order valence-electron chi connectivity index (χ1n) is 6.71. The predicted octanol–water partition coefficient (Wildman–Crippen LogP) is 2.49. The molecule has 7 heteroatoms. The van der Waals surface area contributed by atoms with Crippen molar-refractivity contribution in [2.45, 2.75) is 23.9 Å². The van der Waals surface area contributed by atoms with Crippen molar-refractivity contribution < 1.29 is 5.11 Å². The first kappa shape index (κ1) is 12.6. The van der Waals surface area contributed by atoms with Gasteiger partial charge in [0.25, 0.3) is 0 Å². The Morgan fingerprint density at radius 1 is 1.29 bits per heavy atom. The lowest BCUT2D eigenvalue weighted by Crippen LogP contribution is -1.97. The number of hydrogen-bond donors (Lipinski definition) is 1. The van der Waals surface area contributed by atoms with Gasteiger partial charge in [-0.3, -0.25) is 0 Å². The highest BCUT2D eigenvalue weighted by Gasteiger charge is 2.28. The molecule has 0 spiro atoms. The SMILES string of the molecule is CSc1nccc(-c2cc(O)n3ncc(C4CC4)c3n2)n1. The van der Waals surface area contributed by atoms with Gasteiger partial charge in [0.2, 0.25) is 5.88 Å². The van der Waals surface area contributed by atoms with Crippen LogP contribution in [0.25, 0.3) is 17.0 Å². The van der Waals surface area contributed by atoms with Gasteiger partial charge in [0.05, 0.1) is 17.6 Å². The molecule has 1 aliphatic rings. The lowest BCUT2D eigenvalue weighted by Gasteiger charge is -2.05. The standard InChI is InChI=1S/C14H13N5OS/c1-21-14-15-5-4-10(18-14)11-6-12(20)19-13(17-11)9(7-16-19)8-2-3-8/h4-8,20H,2-3H2,1H3. The third kappa shape index (κ3) is 2.13. The molecule has 0 aliphatic heterocycles. The van der Waals surface area contributed by atoms with E-state index in [0.717, 1.165) is 24.1 Å². The largest absolute Gasteiger partial charge is 0.493 e. The molecular formula is C14H13N5OS. The van der Waals surface area contributed by atoms with E-state index in [2.05, 4.69) is 20.1 Å². The van der Waals surface area contributed by atoms with E-state index < -0.39 is 0 Å². The molecule has 0 radical (unpaired) electrons. The molecule has 21 heavy (non-hydrogen) atoms. The second-order valence-electron chi connectivity index (χ2n) is 5.04. The molecule has 0 saturated heterocycles. The molecule has 106 valence electrons. The molecule has 0 bridgehead atoms. The minimum Gasteiger partial charge on any atom is -0.493 e. The van der Waals surface area contributed by atoms with E-state index in [4.69, 9.17) is 0 Å². The van der Waals surface area contributed by atoms with Gasteiger partial charge in [-0.15, -0.1) is 0 Å². The fourth-order valence-electron chi connectivity index (χ4n) is 2.36. The molecule has 1 N–H and O–H groups in total. The number of nitrogens with zero attached hydrogens (tertiary/aromatic N) is 5. The summed E-state index contributed by atoms with van der Waals surface area (Å²) in [5.74, 6) is 0.600. The molecule has 0 atom stereocenters. The summed E-state index contributed by atoms with van der Waals surface area (Å²) < 4.78 is 1.48. The van der Waals surface area contributed by atoms with Crippen LogP contribution in [0.4, 0.5) is 0 Å². The van der Waals surface area contributed by atoms with Crippen LogP contribution in [0.1, 0.15) is 24.3 Å². The fourth-order valence-corrected chi connectivity index (χ4v) is 2.72. The number of aromatic nitrogens is 5. The Hall–Kier alpha value is -2.15. The number of hydrogen-bond acceptors (Lipinski definition) is 6. The zero-order valence-electron chi connectivity index (χ0n) is 11.4. The molecule has 0 amide bonds. The predicted molar refractivity (Wildman–Crippen MR) is 79.4 cm³/mol. The van der Waals surface area contributed by atoms with Gasteiger partial charge >= 0.3 is 0 Å². The summed E-state index contributed by atoms with van der Waals surface area (Å²) >= 11 is 1.48. The maximum Gasteiger partial charge on any atom is 0.216 e. The van der Waals surface area contributed by atoms with E-state index in [0.29, 0.717) is 22.5 Å². The van der Waals surface area contributed by atoms with Crippen molar-refractivity contribution in [1.29, 1.82) is 0 Å². The summed E-state index contributed by atoms with van der Waals surface area (Å²) in [4.78, 5) is 13.2. The minimum atomic E-state index is 0.0752. The van der Waals surface area contributed by atoms with E-state index in [-0.39, 0.29) is 5.88 Å². The quantitative estimate of drug-likeness (QED) is 0.591. The zero-order chi connectivity index (χ0) is 14.4. The van der Waals surface area contributed by atoms with Gasteiger partial charge in [0.15, 0.2) is 10.8 Å². The van der Waals surface area contributed by atoms with Crippen LogP contribution >= 0.6 is 11.8 Å². The fraction of sp³-hybridized carbons (Fsp3) is 0.286. The van der Waals surface area contributed by atoms with Crippen LogP contribution in [0.15, 0.2) is 29.7 Å². The summed E-state index contributed by atoms with van der Waals surface area (Å²) in [6, 6.07) is 3.38. The highest BCUT2D eigenvalue weighted by atomic mass is 32.2. The Balaban J connectivity index is 1.90. The van der Waals surface area contributed by atoms with Crippen molar-refractivity contribution in [3.8, 4) is 17.3 Å². The van der Waals surface area contributed by atoms with E-state index in [1.54, 1.807) is 24.5 Å². The average Bonchev–Trinajstić information content (AvgIpc) is 3.27. The van der Waals surface area contributed by atoms with Crippen LogP contribution in [0, 0.1) is 0 Å². The van der Waals surface area contributed by atoms with Crippen LogP contribution in [-0.2, 0) is 0 Å². The smallest absolute Gasteiger partial charge is 0.216 e. The number of rotatable bonds is 3. The van der Waals surface area contributed by atoms with E-state index in [1.807, 2.05) is 6.26 Å². The lowest BCUT2D eigenvalue weighted by molar-refractivity contribution is 0.435. The summed E-state index contributed by atoms with van der Waals surface area (Å²) in [6.45, 7) is 0. The Kier molecular flexibility index (Phi) is 2.81. The Bertz CT molecular complexity index is 827. The van der Waals surface area contributed by atoms with E-state index >= 15 is 0 Å². The summed E-state index contributed by atoms with van der Waals surface area (Å²) in [5.41, 5.74) is 3.17.